The molecule has 1 heteroatoms. The minimum atomic E-state index is 0.488. The summed E-state index contributed by atoms with van der Waals surface area (Å²) in [6, 6.07) is 20.9. The summed E-state index contributed by atoms with van der Waals surface area (Å²) in [6.45, 7) is 1.13. The zero-order valence-corrected chi connectivity index (χ0v) is 10.5. The van der Waals surface area contributed by atoms with Crippen LogP contribution in [0.4, 0.5) is 0 Å². The van der Waals surface area contributed by atoms with Crippen LogP contribution in [-0.2, 0) is 0 Å². The van der Waals surface area contributed by atoms with Crippen molar-refractivity contribution < 1.29 is 0 Å². The average molecular weight is 236 g/mol. The van der Waals surface area contributed by atoms with Gasteiger partial charge in [0.15, 0.2) is 0 Å². The van der Waals surface area contributed by atoms with Crippen LogP contribution in [0.15, 0.2) is 48.5 Å². The molecule has 1 radical (unpaired) electrons. The zero-order valence-electron chi connectivity index (χ0n) is 10.5. The Balaban J connectivity index is 1.89. The van der Waals surface area contributed by atoms with E-state index < -0.39 is 0 Å². The van der Waals surface area contributed by atoms with Gasteiger partial charge >= 0.3 is 0 Å². The highest BCUT2D eigenvalue weighted by Crippen LogP contribution is 2.26. The lowest BCUT2D eigenvalue weighted by Gasteiger charge is -2.24. The van der Waals surface area contributed by atoms with Gasteiger partial charge in [-0.25, -0.2) is 0 Å². The summed E-state index contributed by atoms with van der Waals surface area (Å²) in [5.74, 6) is 0. The highest BCUT2D eigenvalue weighted by molar-refractivity contribution is 5.64. The van der Waals surface area contributed by atoms with Gasteiger partial charge in [0, 0.05) is 6.04 Å². The largest absolute Gasteiger partial charge is 0.310 e. The predicted molar refractivity (Wildman–Crippen MR) is 75.3 cm³/mol. The molecular weight excluding hydrogens is 218 g/mol. The highest BCUT2D eigenvalue weighted by atomic mass is 14.9. The molecule has 18 heavy (non-hydrogen) atoms. The lowest BCUT2D eigenvalue weighted by atomic mass is 9.94. The lowest BCUT2D eigenvalue weighted by molar-refractivity contribution is 0.412. The van der Waals surface area contributed by atoms with Crippen LogP contribution in [0.1, 0.15) is 30.9 Å². The minimum absolute atomic E-state index is 0.488. The van der Waals surface area contributed by atoms with Gasteiger partial charge in [0.1, 0.15) is 0 Å². The fraction of sp³-hybridized carbons (Fsp3) is 0.294. The van der Waals surface area contributed by atoms with Crippen molar-refractivity contribution in [3.8, 4) is 11.1 Å². The van der Waals surface area contributed by atoms with E-state index in [0.717, 1.165) is 6.54 Å². The third kappa shape index (κ3) is 2.46. The van der Waals surface area contributed by atoms with Crippen molar-refractivity contribution in [2.45, 2.75) is 25.3 Å². The highest BCUT2D eigenvalue weighted by Gasteiger charge is 2.14. The van der Waals surface area contributed by atoms with Crippen LogP contribution in [-0.4, -0.2) is 6.54 Å². The normalized spacial score (nSPS) is 19.7. The summed E-state index contributed by atoms with van der Waals surface area (Å²) in [5.41, 5.74) is 3.87. The van der Waals surface area contributed by atoms with Crippen LogP contribution in [0.2, 0.25) is 0 Å². The Morgan fingerprint density at radius 1 is 1.00 bits per heavy atom. The molecular formula is C17H18N. The number of nitrogens with one attached hydrogen (secondary N) is 1. The van der Waals surface area contributed by atoms with Crippen LogP contribution < -0.4 is 5.32 Å². The van der Waals surface area contributed by atoms with Gasteiger partial charge in [-0.3, -0.25) is 0 Å². The van der Waals surface area contributed by atoms with Gasteiger partial charge in [-0.2, -0.15) is 0 Å². The van der Waals surface area contributed by atoms with Crippen molar-refractivity contribution in [1.29, 1.82) is 0 Å². The molecule has 0 saturated carbocycles. The van der Waals surface area contributed by atoms with Crippen molar-refractivity contribution in [3.63, 3.8) is 0 Å². The maximum atomic E-state index is 3.58. The Bertz CT molecular complexity index is 498. The zero-order chi connectivity index (χ0) is 12.2. The fourth-order valence-electron chi connectivity index (χ4n) is 2.61. The molecule has 3 rings (SSSR count). The topological polar surface area (TPSA) is 12.0 Å². The first-order valence-corrected chi connectivity index (χ1v) is 6.74. The van der Waals surface area contributed by atoms with E-state index in [4.69, 9.17) is 0 Å². The van der Waals surface area contributed by atoms with Gasteiger partial charge in [-0.1, -0.05) is 48.9 Å². The van der Waals surface area contributed by atoms with Gasteiger partial charge in [-0.05, 0) is 48.2 Å². The SMILES string of the molecule is [c]1ccc(-c2ccccc2)cc1C1CCCCN1. The van der Waals surface area contributed by atoms with Crippen molar-refractivity contribution in [2.75, 3.05) is 6.54 Å². The predicted octanol–water partition coefficient (Wildman–Crippen LogP) is 3.97. The molecule has 1 fully saturated rings. The van der Waals surface area contributed by atoms with E-state index in [2.05, 4.69) is 53.8 Å². The molecule has 1 saturated heterocycles. The third-order valence-electron chi connectivity index (χ3n) is 3.62. The number of hydrogen-bond acceptors (Lipinski definition) is 1. The van der Waals surface area contributed by atoms with Gasteiger partial charge in [0.25, 0.3) is 0 Å². The van der Waals surface area contributed by atoms with E-state index in [1.54, 1.807) is 0 Å². The summed E-state index contributed by atoms with van der Waals surface area (Å²) in [7, 11) is 0. The Labute approximate surface area is 109 Å². The smallest absolute Gasteiger partial charge is 0.0326 e. The molecule has 1 aliphatic heterocycles. The molecule has 0 bridgehead atoms. The second-order valence-electron chi connectivity index (χ2n) is 4.90. The van der Waals surface area contributed by atoms with Crippen molar-refractivity contribution in [2.24, 2.45) is 0 Å². The first kappa shape index (κ1) is 11.5. The van der Waals surface area contributed by atoms with E-state index in [-0.39, 0.29) is 0 Å². The molecule has 0 aliphatic carbocycles. The Hall–Kier alpha value is -1.60. The first-order chi connectivity index (χ1) is 8.93. The van der Waals surface area contributed by atoms with E-state index in [1.807, 2.05) is 6.07 Å². The second kappa shape index (κ2) is 5.36. The maximum Gasteiger partial charge on any atom is 0.0326 e. The number of piperidine rings is 1. The Kier molecular flexibility index (Phi) is 3.42. The Morgan fingerprint density at radius 3 is 2.67 bits per heavy atom. The van der Waals surface area contributed by atoms with Crippen LogP contribution in [0, 0.1) is 6.07 Å². The van der Waals surface area contributed by atoms with E-state index in [0.29, 0.717) is 6.04 Å². The maximum absolute atomic E-state index is 3.58. The third-order valence-corrected chi connectivity index (χ3v) is 3.62. The number of hydrogen-bond donors (Lipinski definition) is 1. The molecule has 0 amide bonds. The lowest BCUT2D eigenvalue weighted by Crippen LogP contribution is -2.26. The summed E-state index contributed by atoms with van der Waals surface area (Å²) in [6.07, 6.45) is 3.85. The van der Waals surface area contributed by atoms with E-state index in [1.165, 1.54) is 36.0 Å². The number of rotatable bonds is 2. The molecule has 0 spiro atoms. The molecule has 91 valence electrons. The molecule has 2 aromatic carbocycles. The van der Waals surface area contributed by atoms with Crippen molar-refractivity contribution >= 4 is 0 Å². The Morgan fingerprint density at radius 2 is 1.89 bits per heavy atom. The summed E-state index contributed by atoms with van der Waals surface area (Å²) < 4.78 is 0. The quantitative estimate of drug-likeness (QED) is 0.832. The van der Waals surface area contributed by atoms with Crippen LogP contribution >= 0.6 is 0 Å². The van der Waals surface area contributed by atoms with Gasteiger partial charge < -0.3 is 5.32 Å². The van der Waals surface area contributed by atoms with Gasteiger partial charge in [0.2, 0.25) is 0 Å². The first-order valence-electron chi connectivity index (χ1n) is 6.74. The van der Waals surface area contributed by atoms with Gasteiger partial charge in [0.05, 0.1) is 0 Å². The average Bonchev–Trinajstić information content (AvgIpc) is 2.49. The molecule has 0 aromatic heterocycles. The van der Waals surface area contributed by atoms with E-state index in [9.17, 15) is 0 Å². The van der Waals surface area contributed by atoms with Gasteiger partial charge in [-0.15, -0.1) is 0 Å². The van der Waals surface area contributed by atoms with Crippen molar-refractivity contribution in [1.82, 2.24) is 5.32 Å². The number of benzene rings is 2. The summed E-state index contributed by atoms with van der Waals surface area (Å²) in [4.78, 5) is 0. The standard InChI is InChI=1S/C17H18N/c1-2-7-14(8-3-1)15-9-6-10-16(13-15)17-11-4-5-12-18-17/h1-3,6-9,13,17-18H,4-5,11-12H2. The molecule has 1 nitrogen and oxygen atoms in total. The van der Waals surface area contributed by atoms with Crippen LogP contribution in [0.5, 0.6) is 0 Å². The monoisotopic (exact) mass is 236 g/mol. The van der Waals surface area contributed by atoms with Crippen LogP contribution in [0.3, 0.4) is 0 Å². The minimum Gasteiger partial charge on any atom is -0.310 e. The molecule has 2 aromatic rings. The molecule has 1 unspecified atom stereocenters. The van der Waals surface area contributed by atoms with Crippen LogP contribution in [0.25, 0.3) is 11.1 Å². The fourth-order valence-corrected chi connectivity index (χ4v) is 2.61. The molecule has 1 N–H and O–H groups in total. The van der Waals surface area contributed by atoms with Crippen molar-refractivity contribution in [3.05, 3.63) is 60.2 Å². The molecule has 1 aliphatic rings. The van der Waals surface area contributed by atoms with E-state index >= 15 is 0 Å². The summed E-state index contributed by atoms with van der Waals surface area (Å²) in [5, 5.41) is 3.58. The second-order valence-corrected chi connectivity index (χ2v) is 4.90. The molecule has 1 heterocycles. The molecule has 1 atom stereocenters. The summed E-state index contributed by atoms with van der Waals surface area (Å²) >= 11 is 0.